The van der Waals surface area contributed by atoms with Crippen LogP contribution in [0.15, 0.2) is 40.2 Å². The standard InChI is InChI=1S/C20H16N8O3/c21-8-7-11-1-5-14(6-2-11)31-20-25-16-12(9-15-17(29)26-19(30)24-15)10-22-28(16)18(27-20)23-13-3-4-13/h1-2,5-6,9-10,13,29H,3-4,7H2,(H2,24,26,30)/b12-9-,23-18?. The number of rotatable bonds is 5. The quantitative estimate of drug-likeness (QED) is 0.422. The number of hydrogen-bond acceptors (Lipinski definition) is 8. The van der Waals surface area contributed by atoms with Gasteiger partial charge in [0.25, 0.3) is 5.62 Å². The van der Waals surface area contributed by atoms with E-state index in [0.29, 0.717) is 28.7 Å². The molecule has 0 unspecified atom stereocenters. The summed E-state index contributed by atoms with van der Waals surface area (Å²) >= 11 is 0. The van der Waals surface area contributed by atoms with Crippen molar-refractivity contribution in [1.29, 1.82) is 5.26 Å². The van der Waals surface area contributed by atoms with Crippen LogP contribution in [0.1, 0.15) is 24.1 Å². The highest BCUT2D eigenvalue weighted by Crippen LogP contribution is 2.22. The van der Waals surface area contributed by atoms with Crippen LogP contribution in [0.25, 0.3) is 11.7 Å². The van der Waals surface area contributed by atoms with Gasteiger partial charge in [0.1, 0.15) is 11.4 Å². The first-order valence-electron chi connectivity index (χ1n) is 9.55. The average molecular weight is 416 g/mol. The van der Waals surface area contributed by atoms with Crippen LogP contribution in [-0.2, 0) is 6.42 Å². The highest BCUT2D eigenvalue weighted by molar-refractivity contribution is 5.56. The Morgan fingerprint density at radius 3 is 2.77 bits per heavy atom. The van der Waals surface area contributed by atoms with E-state index < -0.39 is 5.69 Å². The molecule has 1 aliphatic carbocycles. The van der Waals surface area contributed by atoms with Crippen molar-refractivity contribution < 1.29 is 9.84 Å². The Morgan fingerprint density at radius 1 is 1.29 bits per heavy atom. The second-order valence-electron chi connectivity index (χ2n) is 7.07. The van der Waals surface area contributed by atoms with E-state index in [-0.39, 0.29) is 23.6 Å². The first-order valence-corrected chi connectivity index (χ1v) is 9.55. The van der Waals surface area contributed by atoms with Gasteiger partial charge in [0.2, 0.25) is 5.88 Å². The number of nitrogens with zero attached hydrogens (tertiary/aromatic N) is 6. The number of aromatic nitrogens is 6. The van der Waals surface area contributed by atoms with Crippen LogP contribution in [0.2, 0.25) is 0 Å². The molecule has 5 rings (SSSR count). The molecule has 0 atom stereocenters. The van der Waals surface area contributed by atoms with Crippen molar-refractivity contribution in [2.24, 2.45) is 4.99 Å². The lowest BCUT2D eigenvalue weighted by Gasteiger charge is -2.05. The zero-order chi connectivity index (χ0) is 21.4. The van der Waals surface area contributed by atoms with E-state index >= 15 is 0 Å². The molecule has 0 saturated heterocycles. The van der Waals surface area contributed by atoms with E-state index in [2.05, 4.69) is 36.1 Å². The second kappa shape index (κ2) is 7.42. The molecule has 11 nitrogen and oxygen atoms in total. The molecule has 31 heavy (non-hydrogen) atoms. The van der Waals surface area contributed by atoms with E-state index in [1.165, 1.54) is 4.52 Å². The van der Waals surface area contributed by atoms with Crippen LogP contribution in [0.4, 0.5) is 0 Å². The molecule has 1 fully saturated rings. The lowest BCUT2D eigenvalue weighted by molar-refractivity contribution is 0.435. The summed E-state index contributed by atoms with van der Waals surface area (Å²) in [6.45, 7) is 0. The van der Waals surface area contributed by atoms with E-state index in [0.717, 1.165) is 18.4 Å². The van der Waals surface area contributed by atoms with Crippen molar-refractivity contribution in [3.63, 3.8) is 0 Å². The van der Waals surface area contributed by atoms with Crippen molar-refractivity contribution in [3.8, 4) is 23.7 Å². The number of hydrogen-bond donors (Lipinski definition) is 3. The molecular formula is C20H16N8O3. The molecule has 0 radical (unpaired) electrons. The first kappa shape index (κ1) is 18.6. The SMILES string of the molecule is N#CCc1ccc(Oc2nc(=NC3CC3)n3nc/c(=C/c4[nH]c(=O)[nH]c4O)c3n2)cc1. The predicted octanol–water partition coefficient (Wildman–Crippen LogP) is 0.315. The summed E-state index contributed by atoms with van der Waals surface area (Å²) in [6, 6.07) is 9.46. The number of imidazole rings is 1. The summed E-state index contributed by atoms with van der Waals surface area (Å²) in [7, 11) is 0. The summed E-state index contributed by atoms with van der Waals surface area (Å²) in [5.74, 6) is 0.233. The summed E-state index contributed by atoms with van der Waals surface area (Å²) in [5, 5.41) is 23.5. The van der Waals surface area contributed by atoms with Crippen molar-refractivity contribution in [2.45, 2.75) is 25.3 Å². The van der Waals surface area contributed by atoms with Gasteiger partial charge in [-0.1, -0.05) is 12.1 Å². The lowest BCUT2D eigenvalue weighted by Crippen LogP contribution is -2.23. The lowest BCUT2D eigenvalue weighted by atomic mass is 10.2. The molecule has 1 aliphatic rings. The third kappa shape index (κ3) is 3.86. The predicted molar refractivity (Wildman–Crippen MR) is 107 cm³/mol. The van der Waals surface area contributed by atoms with E-state index in [1.807, 2.05) is 0 Å². The largest absolute Gasteiger partial charge is 0.493 e. The molecular weight excluding hydrogens is 400 g/mol. The fourth-order valence-corrected chi connectivity index (χ4v) is 2.98. The average Bonchev–Trinajstić information content (AvgIpc) is 3.38. The van der Waals surface area contributed by atoms with E-state index in [9.17, 15) is 9.90 Å². The van der Waals surface area contributed by atoms with Crippen LogP contribution in [0, 0.1) is 11.3 Å². The molecule has 154 valence electrons. The zero-order valence-electron chi connectivity index (χ0n) is 16.1. The van der Waals surface area contributed by atoms with Gasteiger partial charge in [-0.25, -0.2) is 9.79 Å². The summed E-state index contributed by atoms with van der Waals surface area (Å²) in [4.78, 5) is 29.6. The van der Waals surface area contributed by atoms with Gasteiger partial charge in [0, 0.05) is 5.22 Å². The van der Waals surface area contributed by atoms with Crippen LogP contribution >= 0.6 is 0 Å². The van der Waals surface area contributed by atoms with Crippen molar-refractivity contribution in [1.82, 2.24) is 29.5 Å². The van der Waals surface area contributed by atoms with Crippen LogP contribution in [-0.4, -0.2) is 40.7 Å². The number of H-pyrrole nitrogens is 2. The van der Waals surface area contributed by atoms with Crippen molar-refractivity contribution in [2.75, 3.05) is 0 Å². The summed E-state index contributed by atoms with van der Waals surface area (Å²) < 4.78 is 7.33. The Bertz CT molecular complexity index is 1490. The Balaban J connectivity index is 1.61. The van der Waals surface area contributed by atoms with Gasteiger partial charge >= 0.3 is 11.7 Å². The third-order valence-corrected chi connectivity index (χ3v) is 4.65. The molecule has 3 aromatic heterocycles. The highest BCUT2D eigenvalue weighted by Gasteiger charge is 2.21. The smallest absolute Gasteiger partial charge is 0.327 e. The Morgan fingerprint density at radius 2 is 2.10 bits per heavy atom. The number of nitrogens with one attached hydrogen (secondary N) is 2. The van der Waals surface area contributed by atoms with Crippen LogP contribution < -0.4 is 21.3 Å². The third-order valence-electron chi connectivity index (χ3n) is 4.65. The molecule has 1 aromatic carbocycles. The van der Waals surface area contributed by atoms with Gasteiger partial charge in [-0.3, -0.25) is 4.98 Å². The zero-order valence-corrected chi connectivity index (χ0v) is 16.1. The van der Waals surface area contributed by atoms with Crippen LogP contribution in [0.5, 0.6) is 17.6 Å². The molecule has 0 spiro atoms. The molecule has 0 bridgehead atoms. The number of benzene rings is 1. The van der Waals surface area contributed by atoms with Gasteiger partial charge in [0.15, 0.2) is 5.65 Å². The van der Waals surface area contributed by atoms with Crippen molar-refractivity contribution in [3.05, 3.63) is 63.0 Å². The van der Waals surface area contributed by atoms with Gasteiger partial charge in [-0.15, -0.1) is 0 Å². The Kier molecular flexibility index (Phi) is 4.44. The number of ether oxygens (including phenoxy) is 1. The maximum atomic E-state index is 11.4. The topological polar surface area (TPSA) is 157 Å². The fourth-order valence-electron chi connectivity index (χ4n) is 2.98. The van der Waals surface area contributed by atoms with Gasteiger partial charge in [-0.05, 0) is 36.6 Å². The number of fused-ring (bicyclic) bond motifs is 1. The van der Waals surface area contributed by atoms with Gasteiger partial charge in [0.05, 0.1) is 24.7 Å². The Labute approximate surface area is 174 Å². The normalized spacial score (nSPS) is 14.8. The number of aromatic amines is 2. The van der Waals surface area contributed by atoms with E-state index in [4.69, 9.17) is 10.00 Å². The number of aromatic hydroxyl groups is 1. The minimum Gasteiger partial charge on any atom is -0.493 e. The fraction of sp³-hybridized carbons (Fsp3) is 0.200. The summed E-state index contributed by atoms with van der Waals surface area (Å²) in [5.41, 5.74) is 1.32. The highest BCUT2D eigenvalue weighted by atomic mass is 16.5. The monoisotopic (exact) mass is 416 g/mol. The Hall–Kier alpha value is -4.46. The molecule has 3 heterocycles. The second-order valence-corrected chi connectivity index (χ2v) is 7.07. The number of nitriles is 1. The first-order chi connectivity index (χ1) is 15.1. The summed E-state index contributed by atoms with van der Waals surface area (Å²) in [6.07, 6.45) is 5.38. The molecule has 0 aliphatic heterocycles. The van der Waals surface area contributed by atoms with Crippen molar-refractivity contribution >= 4 is 11.7 Å². The minimum absolute atomic E-state index is 0.0851. The molecule has 4 aromatic rings. The molecule has 3 N–H and O–H groups in total. The maximum Gasteiger partial charge on any atom is 0.327 e. The maximum absolute atomic E-state index is 11.4. The van der Waals surface area contributed by atoms with Crippen LogP contribution in [0.3, 0.4) is 0 Å². The van der Waals surface area contributed by atoms with E-state index in [1.54, 1.807) is 36.5 Å². The molecule has 1 saturated carbocycles. The molecule has 0 amide bonds. The molecule has 11 heteroatoms. The van der Waals surface area contributed by atoms with Gasteiger partial charge in [-0.2, -0.15) is 24.8 Å². The van der Waals surface area contributed by atoms with Gasteiger partial charge < -0.3 is 14.8 Å². The minimum atomic E-state index is -0.525.